The van der Waals surface area contributed by atoms with E-state index in [2.05, 4.69) is 10.5 Å². The van der Waals surface area contributed by atoms with Gasteiger partial charge in [0.1, 0.15) is 0 Å². The van der Waals surface area contributed by atoms with Gasteiger partial charge in [0.15, 0.2) is 6.61 Å². The van der Waals surface area contributed by atoms with E-state index in [1.54, 1.807) is 17.2 Å². The lowest BCUT2D eigenvalue weighted by atomic mass is 10.1. The van der Waals surface area contributed by atoms with Crippen LogP contribution in [0.3, 0.4) is 0 Å². The Hall–Kier alpha value is -3.15. The van der Waals surface area contributed by atoms with Gasteiger partial charge in [0, 0.05) is 13.0 Å². The Morgan fingerprint density at radius 2 is 2.00 bits per heavy atom. The third kappa shape index (κ3) is 4.27. The van der Waals surface area contributed by atoms with Gasteiger partial charge in [-0.25, -0.2) is 0 Å². The number of oxime groups is 1. The lowest BCUT2D eigenvalue weighted by Crippen LogP contribution is -2.26. The van der Waals surface area contributed by atoms with E-state index >= 15 is 0 Å². The Labute approximate surface area is 152 Å². The van der Waals surface area contributed by atoms with Crippen LogP contribution in [0.1, 0.15) is 24.0 Å². The van der Waals surface area contributed by atoms with Crippen molar-refractivity contribution in [3.8, 4) is 0 Å². The Bertz CT molecular complexity index is 833. The van der Waals surface area contributed by atoms with Crippen LogP contribution in [0.4, 0.5) is 11.4 Å². The molecule has 1 N–H and O–H groups in total. The van der Waals surface area contributed by atoms with Crippen molar-refractivity contribution in [2.24, 2.45) is 5.16 Å². The van der Waals surface area contributed by atoms with Gasteiger partial charge < -0.3 is 15.1 Å². The molecule has 1 heterocycles. The van der Waals surface area contributed by atoms with Gasteiger partial charge in [-0.2, -0.15) is 0 Å². The first-order chi connectivity index (χ1) is 12.6. The number of carbonyl (C=O) groups excluding carboxylic acids is 2. The topological polar surface area (TPSA) is 71.0 Å². The van der Waals surface area contributed by atoms with E-state index in [1.165, 1.54) is 0 Å². The molecular formula is C20H21N3O3. The lowest BCUT2D eigenvalue weighted by Gasteiger charge is -2.19. The van der Waals surface area contributed by atoms with Crippen LogP contribution in [-0.4, -0.2) is 31.2 Å². The smallest absolute Gasteiger partial charge is 0.265 e. The van der Waals surface area contributed by atoms with E-state index in [1.807, 2.05) is 49.4 Å². The Morgan fingerprint density at radius 1 is 1.23 bits per heavy atom. The molecule has 6 nitrogen and oxygen atoms in total. The van der Waals surface area contributed by atoms with Crippen molar-refractivity contribution in [3.05, 3.63) is 59.7 Å². The van der Waals surface area contributed by atoms with E-state index in [0.717, 1.165) is 17.5 Å². The lowest BCUT2D eigenvalue weighted by molar-refractivity contribution is -0.120. The van der Waals surface area contributed by atoms with Gasteiger partial charge >= 0.3 is 0 Å². The molecule has 0 aliphatic carbocycles. The Kier molecular flexibility index (Phi) is 5.63. The van der Waals surface area contributed by atoms with Crippen molar-refractivity contribution in [1.29, 1.82) is 0 Å². The van der Waals surface area contributed by atoms with Gasteiger partial charge in [0.2, 0.25) is 5.91 Å². The number of carbonyl (C=O) groups is 2. The summed E-state index contributed by atoms with van der Waals surface area (Å²) in [5, 5.41) is 6.63. The van der Waals surface area contributed by atoms with Crippen molar-refractivity contribution in [1.82, 2.24) is 0 Å². The quantitative estimate of drug-likeness (QED) is 0.642. The van der Waals surface area contributed by atoms with E-state index in [9.17, 15) is 9.59 Å². The number of hydrogen-bond acceptors (Lipinski definition) is 4. The van der Waals surface area contributed by atoms with Crippen LogP contribution in [0, 0.1) is 6.92 Å². The number of hydrogen-bond donors (Lipinski definition) is 1. The molecule has 2 aromatic rings. The van der Waals surface area contributed by atoms with E-state index in [4.69, 9.17) is 4.84 Å². The highest BCUT2D eigenvalue weighted by Crippen LogP contribution is 2.29. The second-order valence-electron chi connectivity index (χ2n) is 6.08. The number of aryl methyl sites for hydroxylation is 1. The molecule has 0 atom stereocenters. The summed E-state index contributed by atoms with van der Waals surface area (Å²) in [4.78, 5) is 30.9. The van der Waals surface area contributed by atoms with Crippen LogP contribution >= 0.6 is 0 Å². The minimum absolute atomic E-state index is 0.0748. The summed E-state index contributed by atoms with van der Waals surface area (Å²) >= 11 is 0. The van der Waals surface area contributed by atoms with Crippen LogP contribution in [0.2, 0.25) is 0 Å². The predicted octanol–water partition coefficient (Wildman–Crippen LogP) is 3.11. The Morgan fingerprint density at radius 3 is 2.77 bits per heavy atom. The molecule has 0 bridgehead atoms. The molecule has 2 aromatic carbocycles. The molecule has 1 saturated heterocycles. The van der Waals surface area contributed by atoms with E-state index in [-0.39, 0.29) is 18.4 Å². The average Bonchev–Trinajstić information content (AvgIpc) is 3.06. The fourth-order valence-corrected chi connectivity index (χ4v) is 2.83. The number of para-hydroxylation sites is 2. The summed E-state index contributed by atoms with van der Waals surface area (Å²) in [6, 6.07) is 15.0. The number of anilines is 2. The number of amides is 2. The van der Waals surface area contributed by atoms with Crippen LogP contribution in [-0.2, 0) is 14.4 Å². The maximum atomic E-state index is 12.1. The maximum Gasteiger partial charge on any atom is 0.265 e. The molecular weight excluding hydrogens is 330 g/mol. The average molecular weight is 351 g/mol. The summed E-state index contributed by atoms with van der Waals surface area (Å²) in [6.07, 6.45) is 2.95. The molecule has 1 aliphatic rings. The Balaban J connectivity index is 1.57. The molecule has 0 spiro atoms. The molecule has 0 unspecified atom stereocenters. The molecule has 134 valence electrons. The van der Waals surface area contributed by atoms with E-state index < -0.39 is 0 Å². The maximum absolute atomic E-state index is 12.1. The summed E-state index contributed by atoms with van der Waals surface area (Å²) in [5.41, 5.74) is 3.32. The standard InChI is InChI=1S/C20H21N3O3/c1-15-7-2-3-8-16(15)13-21-26-14-19(24)22-17-9-4-5-10-18(17)23-12-6-11-20(23)25/h2-5,7-10,13H,6,11-12,14H2,1H3,(H,22,24)/b21-13+. The monoisotopic (exact) mass is 351 g/mol. The zero-order chi connectivity index (χ0) is 18.4. The summed E-state index contributed by atoms with van der Waals surface area (Å²) < 4.78 is 0. The number of benzene rings is 2. The number of rotatable bonds is 6. The van der Waals surface area contributed by atoms with Crippen molar-refractivity contribution >= 4 is 29.4 Å². The first kappa shape index (κ1) is 17.7. The fraction of sp³-hybridized carbons (Fsp3) is 0.250. The van der Waals surface area contributed by atoms with Crippen LogP contribution in [0.25, 0.3) is 0 Å². The molecule has 0 saturated carbocycles. The highest BCUT2D eigenvalue weighted by Gasteiger charge is 2.24. The predicted molar refractivity (Wildman–Crippen MR) is 101 cm³/mol. The molecule has 2 amide bonds. The highest BCUT2D eigenvalue weighted by molar-refractivity contribution is 6.02. The van der Waals surface area contributed by atoms with Crippen LogP contribution in [0.15, 0.2) is 53.7 Å². The molecule has 1 aliphatic heterocycles. The zero-order valence-corrected chi connectivity index (χ0v) is 14.6. The van der Waals surface area contributed by atoms with Crippen molar-refractivity contribution in [2.45, 2.75) is 19.8 Å². The number of nitrogens with one attached hydrogen (secondary N) is 1. The van der Waals surface area contributed by atoms with Gasteiger partial charge in [-0.15, -0.1) is 0 Å². The van der Waals surface area contributed by atoms with Gasteiger partial charge in [-0.3, -0.25) is 9.59 Å². The van der Waals surface area contributed by atoms with Gasteiger partial charge in [-0.1, -0.05) is 41.6 Å². The SMILES string of the molecule is Cc1ccccc1/C=N/OCC(=O)Nc1ccccc1N1CCCC1=O. The first-order valence-electron chi connectivity index (χ1n) is 8.55. The molecule has 1 fully saturated rings. The summed E-state index contributed by atoms with van der Waals surface area (Å²) in [6.45, 7) is 2.44. The molecule has 26 heavy (non-hydrogen) atoms. The third-order valence-corrected chi connectivity index (χ3v) is 4.19. The third-order valence-electron chi connectivity index (χ3n) is 4.19. The summed E-state index contributed by atoms with van der Waals surface area (Å²) in [5.74, 6) is -0.253. The fourth-order valence-electron chi connectivity index (χ4n) is 2.83. The number of nitrogens with zero attached hydrogens (tertiary/aromatic N) is 2. The van der Waals surface area contributed by atoms with Gasteiger partial charge in [0.25, 0.3) is 5.91 Å². The van der Waals surface area contributed by atoms with Crippen molar-refractivity contribution in [2.75, 3.05) is 23.4 Å². The van der Waals surface area contributed by atoms with Crippen molar-refractivity contribution < 1.29 is 14.4 Å². The normalized spacial score (nSPS) is 14.0. The van der Waals surface area contributed by atoms with Gasteiger partial charge in [-0.05, 0) is 36.6 Å². The minimum atomic E-state index is -0.328. The molecule has 0 radical (unpaired) electrons. The minimum Gasteiger partial charge on any atom is -0.386 e. The van der Waals surface area contributed by atoms with Gasteiger partial charge in [0.05, 0.1) is 17.6 Å². The first-order valence-corrected chi connectivity index (χ1v) is 8.55. The van der Waals surface area contributed by atoms with Crippen molar-refractivity contribution in [3.63, 3.8) is 0 Å². The van der Waals surface area contributed by atoms with Crippen LogP contribution < -0.4 is 10.2 Å². The largest absolute Gasteiger partial charge is 0.386 e. The second kappa shape index (κ2) is 8.29. The van der Waals surface area contributed by atoms with E-state index in [0.29, 0.717) is 24.3 Å². The summed E-state index contributed by atoms with van der Waals surface area (Å²) in [7, 11) is 0. The molecule has 0 aromatic heterocycles. The second-order valence-corrected chi connectivity index (χ2v) is 6.08. The zero-order valence-electron chi connectivity index (χ0n) is 14.6. The molecule has 6 heteroatoms. The molecule has 3 rings (SSSR count). The van der Waals surface area contributed by atoms with Crippen LogP contribution in [0.5, 0.6) is 0 Å². The highest BCUT2D eigenvalue weighted by atomic mass is 16.6.